The molecule has 4 rings (SSSR count). The van der Waals surface area contributed by atoms with Crippen LogP contribution in [-0.4, -0.2) is 59.4 Å². The number of carbonyl (C=O) groups excluding carboxylic acids is 3. The Balaban J connectivity index is 0.00000237. The van der Waals surface area contributed by atoms with Crippen LogP contribution in [-0.2, 0) is 17.8 Å². The third-order valence-electron chi connectivity index (χ3n) is 6.78. The molecule has 1 aliphatic rings. The van der Waals surface area contributed by atoms with Crippen LogP contribution in [0.2, 0.25) is 0 Å². The topological polar surface area (TPSA) is 79.0 Å². The van der Waals surface area contributed by atoms with Gasteiger partial charge in [0.2, 0.25) is 0 Å². The van der Waals surface area contributed by atoms with Crippen molar-refractivity contribution in [1.29, 1.82) is 0 Å². The Hall–Kier alpha value is -4.04. The first kappa shape index (κ1) is 32.5. The Morgan fingerprint density at radius 3 is 2.40 bits per heavy atom. The van der Waals surface area contributed by atoms with E-state index in [1.54, 1.807) is 35.2 Å². The molecule has 42 heavy (non-hydrogen) atoms. The van der Waals surface area contributed by atoms with Crippen LogP contribution < -0.4 is 5.32 Å². The Labute approximate surface area is 248 Å². The molecule has 2 amide bonds. The van der Waals surface area contributed by atoms with E-state index in [9.17, 15) is 18.8 Å². The summed E-state index contributed by atoms with van der Waals surface area (Å²) in [5.41, 5.74) is 3.59. The van der Waals surface area contributed by atoms with Crippen LogP contribution in [0.15, 0.2) is 66.7 Å². The van der Waals surface area contributed by atoms with E-state index in [0.717, 1.165) is 16.7 Å². The zero-order valence-electron chi connectivity index (χ0n) is 25.4. The van der Waals surface area contributed by atoms with E-state index >= 15 is 0 Å². The van der Waals surface area contributed by atoms with Gasteiger partial charge in [0.25, 0.3) is 5.91 Å². The summed E-state index contributed by atoms with van der Waals surface area (Å²) >= 11 is 0. The molecule has 3 aromatic carbocycles. The Kier molecular flexibility index (Phi) is 11.4. The molecule has 0 spiro atoms. The summed E-state index contributed by atoms with van der Waals surface area (Å²) < 4.78 is 20.4. The maximum Gasteiger partial charge on any atom is 0.410 e. The SMILES string of the molecule is CC.CC1CN(Cc2cc(-c3cccc(CNC(=O)c4cccc(C=O)c4)c3)ccc2F)CCN1C(=O)OC(C)(C)C. The molecule has 1 saturated heterocycles. The number of hydrogen-bond donors (Lipinski definition) is 1. The standard InChI is InChI=1S/C32H36FN3O4.C2H6/c1-22-19-35(13-14-36(22)31(39)40-32(2,3)4)20-28-17-26(11-12-29(28)33)25-9-5-7-23(15-25)18-34-30(38)27-10-6-8-24(16-27)21-37;1-2/h5-12,15-17,21-22H,13-14,18-20H2,1-4H3,(H,34,38);1-2H3. The molecule has 0 aliphatic carbocycles. The number of ether oxygens (including phenoxy) is 1. The first-order valence-corrected chi connectivity index (χ1v) is 14.5. The second kappa shape index (κ2) is 14.7. The molecule has 7 nitrogen and oxygen atoms in total. The van der Waals surface area contributed by atoms with Crippen molar-refractivity contribution >= 4 is 18.3 Å². The van der Waals surface area contributed by atoms with Crippen molar-refractivity contribution in [2.75, 3.05) is 19.6 Å². The highest BCUT2D eigenvalue weighted by molar-refractivity contribution is 5.95. The summed E-state index contributed by atoms with van der Waals surface area (Å²) in [5.74, 6) is -0.536. The van der Waals surface area contributed by atoms with Crippen LogP contribution in [0.3, 0.4) is 0 Å². The van der Waals surface area contributed by atoms with Crippen molar-refractivity contribution < 1.29 is 23.5 Å². The van der Waals surface area contributed by atoms with E-state index < -0.39 is 5.60 Å². The molecule has 8 heteroatoms. The Morgan fingerprint density at radius 2 is 1.71 bits per heavy atom. The molecule has 0 saturated carbocycles. The number of aldehydes is 1. The van der Waals surface area contributed by atoms with Gasteiger partial charge in [-0.15, -0.1) is 0 Å². The first-order chi connectivity index (χ1) is 20.0. The average molecular weight is 576 g/mol. The zero-order chi connectivity index (χ0) is 30.9. The smallest absolute Gasteiger partial charge is 0.410 e. The molecule has 1 fully saturated rings. The van der Waals surface area contributed by atoms with Crippen molar-refractivity contribution in [1.82, 2.24) is 15.1 Å². The Bertz CT molecular complexity index is 1390. The summed E-state index contributed by atoms with van der Waals surface area (Å²) in [6.45, 7) is 14.0. The fraction of sp³-hybridized carbons (Fsp3) is 0.382. The molecule has 1 heterocycles. The Morgan fingerprint density at radius 1 is 1.00 bits per heavy atom. The summed E-state index contributed by atoms with van der Waals surface area (Å²) in [6, 6.07) is 19.3. The molecule has 1 aliphatic heterocycles. The maximum absolute atomic E-state index is 14.9. The van der Waals surface area contributed by atoms with E-state index in [1.807, 2.05) is 71.9 Å². The minimum absolute atomic E-state index is 0.0531. The number of amides is 2. The van der Waals surface area contributed by atoms with Gasteiger partial charge in [-0.25, -0.2) is 9.18 Å². The molecule has 0 aromatic heterocycles. The van der Waals surface area contributed by atoms with Crippen molar-refractivity contribution in [2.24, 2.45) is 0 Å². The van der Waals surface area contributed by atoms with E-state index in [-0.39, 0.29) is 23.9 Å². The number of rotatable bonds is 7. The first-order valence-electron chi connectivity index (χ1n) is 14.5. The highest BCUT2D eigenvalue weighted by Gasteiger charge is 2.31. The van der Waals surface area contributed by atoms with Gasteiger partial charge in [0.15, 0.2) is 0 Å². The summed E-state index contributed by atoms with van der Waals surface area (Å²) in [4.78, 5) is 40.0. The molecule has 3 aromatic rings. The van der Waals surface area contributed by atoms with E-state index in [2.05, 4.69) is 10.2 Å². The highest BCUT2D eigenvalue weighted by atomic mass is 19.1. The zero-order valence-corrected chi connectivity index (χ0v) is 25.4. The largest absolute Gasteiger partial charge is 0.444 e. The van der Waals surface area contributed by atoms with Gasteiger partial charge in [-0.1, -0.05) is 50.2 Å². The fourth-order valence-electron chi connectivity index (χ4n) is 4.78. The third kappa shape index (κ3) is 8.98. The van der Waals surface area contributed by atoms with Crippen LogP contribution in [0.25, 0.3) is 11.1 Å². The van der Waals surface area contributed by atoms with Gasteiger partial charge in [-0.3, -0.25) is 14.5 Å². The van der Waals surface area contributed by atoms with E-state index in [1.165, 1.54) is 6.07 Å². The van der Waals surface area contributed by atoms with Gasteiger partial charge < -0.3 is 15.0 Å². The predicted molar refractivity (Wildman–Crippen MR) is 164 cm³/mol. The lowest BCUT2D eigenvalue weighted by atomic mass is 10.00. The molecule has 1 unspecified atom stereocenters. The van der Waals surface area contributed by atoms with Gasteiger partial charge in [0.1, 0.15) is 17.7 Å². The monoisotopic (exact) mass is 575 g/mol. The quantitative estimate of drug-likeness (QED) is 0.317. The van der Waals surface area contributed by atoms with Gasteiger partial charge in [-0.05, 0) is 74.7 Å². The highest BCUT2D eigenvalue weighted by Crippen LogP contribution is 2.25. The second-order valence-corrected chi connectivity index (χ2v) is 11.2. The second-order valence-electron chi connectivity index (χ2n) is 11.2. The average Bonchev–Trinajstić information content (AvgIpc) is 2.97. The minimum atomic E-state index is -0.552. The van der Waals surface area contributed by atoms with Gasteiger partial charge >= 0.3 is 6.09 Å². The summed E-state index contributed by atoms with van der Waals surface area (Å²) in [6.07, 6.45) is 0.389. The lowest BCUT2D eigenvalue weighted by Crippen LogP contribution is -2.54. The molecular weight excluding hydrogens is 533 g/mol. The minimum Gasteiger partial charge on any atom is -0.444 e. The van der Waals surface area contributed by atoms with Gasteiger partial charge in [-0.2, -0.15) is 0 Å². The number of carbonyl (C=O) groups is 3. The normalized spacial score (nSPS) is 15.3. The molecular formula is C34H42FN3O4. The number of piperazine rings is 1. The summed E-state index contributed by atoms with van der Waals surface area (Å²) in [7, 11) is 0. The van der Waals surface area contributed by atoms with Crippen molar-refractivity contribution in [3.8, 4) is 11.1 Å². The maximum atomic E-state index is 14.9. The molecule has 0 bridgehead atoms. The predicted octanol–water partition coefficient (Wildman–Crippen LogP) is 6.70. The van der Waals surface area contributed by atoms with Crippen LogP contribution in [0.5, 0.6) is 0 Å². The van der Waals surface area contributed by atoms with Crippen molar-refractivity contribution in [3.05, 3.63) is 94.8 Å². The van der Waals surface area contributed by atoms with Crippen molar-refractivity contribution in [3.63, 3.8) is 0 Å². The number of hydrogen-bond acceptors (Lipinski definition) is 5. The molecule has 1 N–H and O–H groups in total. The third-order valence-corrected chi connectivity index (χ3v) is 6.78. The van der Waals surface area contributed by atoms with Crippen molar-refractivity contribution in [2.45, 2.75) is 66.3 Å². The van der Waals surface area contributed by atoms with Gasteiger partial charge in [0.05, 0.1) is 0 Å². The molecule has 0 radical (unpaired) electrons. The number of nitrogens with one attached hydrogen (secondary N) is 1. The fourth-order valence-corrected chi connectivity index (χ4v) is 4.78. The number of halogens is 1. The van der Waals surface area contributed by atoms with E-state index in [4.69, 9.17) is 4.74 Å². The van der Waals surface area contributed by atoms with Gasteiger partial charge in [0, 0.05) is 55.5 Å². The van der Waals surface area contributed by atoms with Crippen LogP contribution in [0.4, 0.5) is 9.18 Å². The lowest BCUT2D eigenvalue weighted by molar-refractivity contribution is 0.000426. The van der Waals surface area contributed by atoms with Crippen LogP contribution in [0.1, 0.15) is 73.4 Å². The van der Waals surface area contributed by atoms with Crippen LogP contribution >= 0.6 is 0 Å². The van der Waals surface area contributed by atoms with E-state index in [0.29, 0.717) is 55.7 Å². The number of benzene rings is 3. The summed E-state index contributed by atoms with van der Waals surface area (Å²) in [5, 5.41) is 2.89. The molecule has 1 atom stereocenters. The lowest BCUT2D eigenvalue weighted by Gasteiger charge is -2.40. The molecule has 224 valence electrons. The number of nitrogens with zero attached hydrogens (tertiary/aromatic N) is 2. The van der Waals surface area contributed by atoms with Crippen LogP contribution in [0, 0.1) is 5.82 Å².